The molecule has 404 valence electrons. The Kier molecular flexibility index (Phi) is 18.8. The van der Waals surface area contributed by atoms with Crippen LogP contribution in [0.5, 0.6) is 5.75 Å². The van der Waals surface area contributed by atoms with Crippen LogP contribution in [0.15, 0.2) is 72.8 Å². The van der Waals surface area contributed by atoms with Crippen LogP contribution in [-0.4, -0.2) is 138 Å². The number of amides is 8. The molecular weight excluding hydrogens is 969 g/mol. The number of unbranched alkanes of at least 4 members (excludes halogenated alkanes) is 1. The highest BCUT2D eigenvalue weighted by atomic mass is 16.7. The van der Waals surface area contributed by atoms with E-state index in [2.05, 4.69) is 64.8 Å². The number of carbonyl (C=O) groups is 8. The van der Waals surface area contributed by atoms with E-state index >= 15 is 0 Å². The van der Waals surface area contributed by atoms with Gasteiger partial charge >= 0.3 is 7.12 Å². The summed E-state index contributed by atoms with van der Waals surface area (Å²) in [6.07, 6.45) is 0.148. The summed E-state index contributed by atoms with van der Waals surface area (Å²) in [4.78, 5) is 107. The van der Waals surface area contributed by atoms with Crippen molar-refractivity contribution >= 4 is 54.4 Å². The Morgan fingerprint density at radius 1 is 0.747 bits per heavy atom. The number of aromatic hydroxyl groups is 1. The molecule has 0 aromatic heterocycles. The van der Waals surface area contributed by atoms with Gasteiger partial charge in [-0.1, -0.05) is 75.7 Å². The molecule has 24 heteroatoms. The number of nitrogens with two attached hydrogens (primary N) is 4. The minimum Gasteiger partial charge on any atom is -0.508 e. The van der Waals surface area contributed by atoms with E-state index in [4.69, 9.17) is 32.2 Å². The topological polar surface area (TPSA) is 375 Å². The number of likely N-dealkylation sites (N-methyl/N-ethyl adjacent to an activating group) is 1. The highest BCUT2D eigenvalue weighted by molar-refractivity contribution is 6.47. The molecule has 10 atom stereocenters. The maximum Gasteiger partial charge on any atom is 0.497 e. The van der Waals surface area contributed by atoms with Gasteiger partial charge in [-0.05, 0) is 96.4 Å². The van der Waals surface area contributed by atoms with Crippen molar-refractivity contribution in [3.05, 3.63) is 89.5 Å². The van der Waals surface area contributed by atoms with Crippen LogP contribution in [0.25, 0.3) is 11.1 Å². The average Bonchev–Trinajstić information content (AvgIpc) is 3.75. The summed E-state index contributed by atoms with van der Waals surface area (Å²) in [5.41, 5.74) is 26.9. The van der Waals surface area contributed by atoms with Crippen LogP contribution in [0, 0.1) is 17.3 Å². The molecule has 1 unspecified atom stereocenters. The molecule has 2 bridgehead atoms. The largest absolute Gasteiger partial charge is 0.508 e. The predicted molar refractivity (Wildman–Crippen MR) is 274 cm³/mol. The van der Waals surface area contributed by atoms with Crippen molar-refractivity contribution in [2.24, 2.45) is 40.2 Å². The van der Waals surface area contributed by atoms with Gasteiger partial charge in [0, 0.05) is 19.0 Å². The molecule has 7 rings (SSSR count). The van der Waals surface area contributed by atoms with Gasteiger partial charge in [0.2, 0.25) is 29.5 Å². The number of nitrogens with zero attached hydrogens (tertiary/aromatic N) is 1. The zero-order valence-electron chi connectivity index (χ0n) is 42.8. The normalized spacial score (nSPS) is 21.5. The molecule has 1 heterocycles. The number of phenols is 1. The molecule has 4 aliphatic rings. The molecule has 4 fully saturated rings. The van der Waals surface area contributed by atoms with Crippen molar-refractivity contribution in [1.29, 1.82) is 0 Å². The molecule has 3 aliphatic carbocycles. The van der Waals surface area contributed by atoms with Crippen LogP contribution in [0.1, 0.15) is 81.3 Å². The van der Waals surface area contributed by atoms with Crippen molar-refractivity contribution in [2.45, 2.75) is 121 Å². The first kappa shape index (κ1) is 57.3. The van der Waals surface area contributed by atoms with Crippen LogP contribution in [0.3, 0.4) is 0 Å². The molecule has 3 aromatic rings. The number of benzene rings is 3. The van der Waals surface area contributed by atoms with E-state index in [-0.39, 0.29) is 35.2 Å². The lowest BCUT2D eigenvalue weighted by molar-refractivity contribution is -0.199. The summed E-state index contributed by atoms with van der Waals surface area (Å²) in [7, 11) is 0.195. The number of carbonyl (C=O) groups excluding carboxylic acids is 8. The van der Waals surface area contributed by atoms with E-state index in [1.165, 1.54) is 36.9 Å². The maximum atomic E-state index is 13.9. The van der Waals surface area contributed by atoms with E-state index in [0.29, 0.717) is 11.5 Å². The third-order valence-electron chi connectivity index (χ3n) is 14.8. The standard InChI is InChI=1S/C51H70BN11O12/c1-6-7-8-27-9-13-29(14-10-27)30-15-17-31(18-16-30)43(68)59-35(26-64)45(70)60-41(54)47(72)57-25-40(67)63(5)36(21-28-11-19-33(65)20-12-28)46(71)61-42(55)48(73)58-34(24-39(53)66)44(69)62-49(56)52-74-38-23-32-22-37(50(32,2)3)51(38,4)75-52/h9-20,32,34-38,41-42,49,64-65H,6-8,21-26,54-56H2,1-5H3,(H2,53,66)(H,57,72)(H,58,73)(H,59,68)(H,60,70)(H,61,71)(H,62,69)/t32-,34-,35+,36-,37-,38?,41-,42+,49+,51-/m0/s1. The fourth-order valence-corrected chi connectivity index (χ4v) is 10.0. The Morgan fingerprint density at radius 3 is 1.93 bits per heavy atom. The number of rotatable bonds is 24. The lowest BCUT2D eigenvalue weighted by atomic mass is 9.43. The third-order valence-corrected chi connectivity index (χ3v) is 14.8. The predicted octanol–water partition coefficient (Wildman–Crippen LogP) is -1.49. The number of aliphatic hydroxyl groups is 1. The monoisotopic (exact) mass is 1040 g/mol. The van der Waals surface area contributed by atoms with Gasteiger partial charge in [0.05, 0.1) is 31.3 Å². The molecule has 3 aromatic carbocycles. The van der Waals surface area contributed by atoms with Crippen molar-refractivity contribution in [3.8, 4) is 16.9 Å². The van der Waals surface area contributed by atoms with E-state index in [9.17, 15) is 48.6 Å². The second-order valence-corrected chi connectivity index (χ2v) is 20.3. The van der Waals surface area contributed by atoms with Gasteiger partial charge in [-0.15, -0.1) is 0 Å². The second kappa shape index (κ2) is 24.6. The molecule has 1 aliphatic heterocycles. The van der Waals surface area contributed by atoms with Crippen LogP contribution >= 0.6 is 0 Å². The molecule has 23 nitrogen and oxygen atoms in total. The molecule has 75 heavy (non-hydrogen) atoms. The van der Waals surface area contributed by atoms with Gasteiger partial charge in [-0.3, -0.25) is 38.4 Å². The first-order valence-electron chi connectivity index (χ1n) is 25.0. The number of phenolic OH excluding ortho intramolecular Hbond substituents is 1. The Balaban J connectivity index is 1.01. The molecule has 0 radical (unpaired) electrons. The Hall–Kier alpha value is -6.96. The molecule has 0 spiro atoms. The summed E-state index contributed by atoms with van der Waals surface area (Å²) in [5, 5.41) is 33.8. The molecule has 1 saturated heterocycles. The lowest BCUT2D eigenvalue weighted by Crippen LogP contribution is -2.65. The number of hydrogen-bond acceptors (Lipinski definition) is 15. The summed E-state index contributed by atoms with van der Waals surface area (Å²) >= 11 is 0. The third kappa shape index (κ3) is 13.9. The van der Waals surface area contributed by atoms with Crippen LogP contribution in [0.2, 0.25) is 0 Å². The Bertz CT molecular complexity index is 2570. The first-order chi connectivity index (χ1) is 35.4. The number of aliphatic hydroxyl groups excluding tert-OH is 1. The van der Waals surface area contributed by atoms with E-state index in [1.54, 1.807) is 24.3 Å². The number of aryl methyl sites for hydroxylation is 1. The molecule has 8 amide bonds. The number of primary amides is 1. The summed E-state index contributed by atoms with van der Waals surface area (Å²) < 4.78 is 12.5. The zero-order chi connectivity index (χ0) is 54.9. The minimum absolute atomic E-state index is 0.0433. The average molecular weight is 1040 g/mol. The van der Waals surface area contributed by atoms with E-state index < -0.39 is 116 Å². The fraction of sp³-hybridized carbons (Fsp3) is 0.490. The van der Waals surface area contributed by atoms with Gasteiger partial charge in [-0.2, -0.15) is 0 Å². The van der Waals surface area contributed by atoms with Crippen LogP contribution < -0.4 is 54.8 Å². The Morgan fingerprint density at radius 2 is 1.33 bits per heavy atom. The first-order valence-corrected chi connectivity index (χ1v) is 25.0. The summed E-state index contributed by atoms with van der Waals surface area (Å²) in [5.74, 6) is -6.98. The fourth-order valence-electron chi connectivity index (χ4n) is 10.0. The number of hydrogen-bond donors (Lipinski definition) is 12. The minimum atomic E-state index is -1.86. The van der Waals surface area contributed by atoms with Gasteiger partial charge in [0.15, 0.2) is 12.3 Å². The smallest absolute Gasteiger partial charge is 0.497 e. The van der Waals surface area contributed by atoms with E-state index in [0.717, 1.165) is 48.1 Å². The van der Waals surface area contributed by atoms with Gasteiger partial charge in [0.25, 0.3) is 17.7 Å². The lowest BCUT2D eigenvalue weighted by Gasteiger charge is -2.64. The summed E-state index contributed by atoms with van der Waals surface area (Å²) in [6, 6.07) is 14.6. The number of nitrogens with one attached hydrogen (secondary N) is 6. The van der Waals surface area contributed by atoms with Gasteiger partial charge < -0.3 is 79.3 Å². The molecular formula is C51H70BN11O12. The Labute approximate surface area is 435 Å². The highest BCUT2D eigenvalue weighted by Gasteiger charge is 2.68. The maximum absolute atomic E-state index is 13.9. The summed E-state index contributed by atoms with van der Waals surface area (Å²) in [6.45, 7) is 6.87. The second-order valence-electron chi connectivity index (χ2n) is 20.3. The van der Waals surface area contributed by atoms with Crippen molar-refractivity contribution in [3.63, 3.8) is 0 Å². The SMILES string of the molecule is CCCCc1ccc(-c2ccc(C(=O)N[C@H](CO)C(=O)N[C@H](N)C(=O)NCC(=O)N(C)[C@@H](Cc3ccc(O)cc3)C(=O)N[C@@H](N)C(=O)N[C@@H](CC(N)=O)C(=O)N[C@@H](N)B3OC4C[C@@H]5C[C@@H](C5(C)C)[C@]4(C)O3)cc2)cc1. The van der Waals surface area contributed by atoms with Crippen molar-refractivity contribution < 1.29 is 57.9 Å². The zero-order valence-corrected chi connectivity index (χ0v) is 42.8. The van der Waals surface area contributed by atoms with Crippen LogP contribution in [0.4, 0.5) is 0 Å². The molecule has 16 N–H and O–H groups in total. The molecule has 3 saturated carbocycles. The quantitative estimate of drug-likeness (QED) is 0.0359. The highest BCUT2D eigenvalue weighted by Crippen LogP contribution is 2.65. The van der Waals surface area contributed by atoms with Gasteiger partial charge in [-0.25, -0.2) is 0 Å². The van der Waals surface area contributed by atoms with Crippen molar-refractivity contribution in [1.82, 2.24) is 36.8 Å². The van der Waals surface area contributed by atoms with Crippen LogP contribution in [-0.2, 0) is 55.7 Å². The van der Waals surface area contributed by atoms with E-state index in [1.807, 2.05) is 19.1 Å². The van der Waals surface area contributed by atoms with Gasteiger partial charge in [0.1, 0.15) is 29.9 Å². The van der Waals surface area contributed by atoms with Crippen molar-refractivity contribution in [2.75, 3.05) is 20.2 Å².